The van der Waals surface area contributed by atoms with Gasteiger partial charge in [-0.25, -0.2) is 13.2 Å². The summed E-state index contributed by atoms with van der Waals surface area (Å²) in [6, 6.07) is 6.46. The Balaban J connectivity index is 2.38. The molecule has 2 rings (SSSR count). The molecular weight excluding hydrogens is 464 g/mol. The lowest BCUT2D eigenvalue weighted by molar-refractivity contribution is -0.124. The zero-order valence-corrected chi connectivity index (χ0v) is 19.4. The molecule has 0 aromatic heterocycles. The molecule has 1 amide bonds. The first-order chi connectivity index (χ1) is 15.2. The number of amides is 1. The largest absolute Gasteiger partial charge is 0.495 e. The van der Waals surface area contributed by atoms with Crippen LogP contribution < -0.4 is 24.2 Å². The normalized spacial score (nSPS) is 10.8. The summed E-state index contributed by atoms with van der Waals surface area (Å²) in [4.78, 5) is 23.5. The summed E-state index contributed by atoms with van der Waals surface area (Å²) in [7, 11) is -0.216. The van der Waals surface area contributed by atoms with E-state index in [2.05, 4.69) is 10.0 Å². The highest BCUT2D eigenvalue weighted by atomic mass is 35.5. The van der Waals surface area contributed by atoms with E-state index in [1.807, 2.05) is 0 Å². The molecule has 0 aliphatic carbocycles. The molecule has 0 bridgehead atoms. The number of carbonyl (C=O) groups is 2. The van der Waals surface area contributed by atoms with Crippen molar-refractivity contribution in [2.45, 2.75) is 11.8 Å². The molecule has 2 N–H and O–H groups in total. The van der Waals surface area contributed by atoms with Crippen LogP contribution >= 0.6 is 11.6 Å². The molecule has 10 nitrogen and oxygen atoms in total. The van der Waals surface area contributed by atoms with Crippen LogP contribution in [0.15, 0.2) is 35.2 Å². The molecule has 0 spiro atoms. The van der Waals surface area contributed by atoms with Crippen molar-refractivity contribution in [3.63, 3.8) is 0 Å². The predicted molar refractivity (Wildman–Crippen MR) is 117 cm³/mol. The lowest BCUT2D eigenvalue weighted by Gasteiger charge is -2.16. The van der Waals surface area contributed by atoms with E-state index in [0.29, 0.717) is 12.3 Å². The Morgan fingerprint density at radius 2 is 1.62 bits per heavy atom. The lowest BCUT2D eigenvalue weighted by Crippen LogP contribution is -2.28. The summed E-state index contributed by atoms with van der Waals surface area (Å²) in [5, 5.41) is 2.64. The van der Waals surface area contributed by atoms with Gasteiger partial charge in [0.25, 0.3) is 15.9 Å². The van der Waals surface area contributed by atoms with Crippen molar-refractivity contribution >= 4 is 39.2 Å². The Kier molecular flexibility index (Phi) is 8.56. The number of sulfonamides is 1. The minimum Gasteiger partial charge on any atom is -0.495 e. The first kappa shape index (κ1) is 25.1. The molecule has 2 aromatic carbocycles. The molecule has 0 atom stereocenters. The molecule has 0 aliphatic heterocycles. The van der Waals surface area contributed by atoms with Crippen LogP contribution in [0.4, 0.5) is 5.69 Å². The third kappa shape index (κ3) is 5.95. The number of hydrogen-bond donors (Lipinski definition) is 2. The number of methoxy groups -OCH3 is 3. The van der Waals surface area contributed by atoms with Crippen molar-refractivity contribution in [2.24, 2.45) is 0 Å². The van der Waals surface area contributed by atoms with Crippen LogP contribution in [-0.4, -0.2) is 54.8 Å². The summed E-state index contributed by atoms with van der Waals surface area (Å²) in [5.41, 5.74) is -0.0419. The molecule has 0 unspecified atom stereocenters. The summed E-state index contributed by atoms with van der Waals surface area (Å²) in [5.74, 6) is -0.920. The third-order valence-corrected chi connectivity index (χ3v) is 5.80. The van der Waals surface area contributed by atoms with Crippen LogP contribution in [0.1, 0.15) is 17.3 Å². The van der Waals surface area contributed by atoms with Crippen LogP contribution in [0.3, 0.4) is 0 Å². The molecule has 0 heterocycles. The van der Waals surface area contributed by atoms with Gasteiger partial charge < -0.3 is 24.3 Å². The number of likely N-dealkylation sites (N-methyl/N-ethyl adjacent to an activating group) is 1. The van der Waals surface area contributed by atoms with Gasteiger partial charge in [0.2, 0.25) is 0 Å². The van der Waals surface area contributed by atoms with Gasteiger partial charge in [-0.3, -0.25) is 9.52 Å². The van der Waals surface area contributed by atoms with Crippen molar-refractivity contribution in [1.29, 1.82) is 0 Å². The SMILES string of the molecule is CCNC(=O)COC(=O)c1ccc(OC)c(S(=O)(=O)Nc2cc(Cl)c(OC)cc2OC)c1. The molecule has 2 aromatic rings. The van der Waals surface area contributed by atoms with Gasteiger partial charge in [-0.05, 0) is 31.2 Å². The topological polar surface area (TPSA) is 129 Å². The van der Waals surface area contributed by atoms with Crippen molar-refractivity contribution in [2.75, 3.05) is 39.2 Å². The molecule has 0 fully saturated rings. The Hall–Kier alpha value is -3.18. The van der Waals surface area contributed by atoms with E-state index in [9.17, 15) is 18.0 Å². The fraction of sp³-hybridized carbons (Fsp3) is 0.300. The van der Waals surface area contributed by atoms with E-state index in [0.717, 1.165) is 6.07 Å². The van der Waals surface area contributed by atoms with Crippen molar-refractivity contribution in [3.8, 4) is 17.2 Å². The maximum Gasteiger partial charge on any atom is 0.338 e. The van der Waals surface area contributed by atoms with E-state index >= 15 is 0 Å². The van der Waals surface area contributed by atoms with Gasteiger partial charge in [-0.15, -0.1) is 0 Å². The number of nitrogens with one attached hydrogen (secondary N) is 2. The minimum atomic E-state index is -4.26. The Labute approximate surface area is 190 Å². The second-order valence-corrected chi connectivity index (χ2v) is 8.25. The second-order valence-electron chi connectivity index (χ2n) is 6.19. The summed E-state index contributed by atoms with van der Waals surface area (Å²) in [6.07, 6.45) is 0. The second kappa shape index (κ2) is 10.9. The smallest absolute Gasteiger partial charge is 0.338 e. The van der Waals surface area contributed by atoms with E-state index in [1.54, 1.807) is 6.92 Å². The third-order valence-electron chi connectivity index (χ3n) is 4.12. The number of esters is 1. The molecular formula is C20H23ClN2O8S. The quantitative estimate of drug-likeness (QED) is 0.490. The van der Waals surface area contributed by atoms with Gasteiger partial charge in [0.1, 0.15) is 22.1 Å². The zero-order chi connectivity index (χ0) is 23.9. The van der Waals surface area contributed by atoms with Gasteiger partial charge in [-0.1, -0.05) is 11.6 Å². The molecule has 32 heavy (non-hydrogen) atoms. The monoisotopic (exact) mass is 486 g/mol. The van der Waals surface area contributed by atoms with Gasteiger partial charge in [0, 0.05) is 12.6 Å². The van der Waals surface area contributed by atoms with E-state index in [-0.39, 0.29) is 32.7 Å². The minimum absolute atomic E-state index is 0.0173. The Morgan fingerprint density at radius 3 is 2.22 bits per heavy atom. The average Bonchev–Trinajstić information content (AvgIpc) is 2.77. The van der Waals surface area contributed by atoms with Gasteiger partial charge in [0.05, 0.1) is 37.6 Å². The van der Waals surface area contributed by atoms with Gasteiger partial charge >= 0.3 is 5.97 Å². The van der Waals surface area contributed by atoms with E-state index in [1.165, 1.54) is 45.6 Å². The van der Waals surface area contributed by atoms with Crippen molar-refractivity contribution in [3.05, 3.63) is 40.9 Å². The highest BCUT2D eigenvalue weighted by molar-refractivity contribution is 7.92. The number of rotatable bonds is 10. The molecule has 12 heteroatoms. The van der Waals surface area contributed by atoms with Crippen LogP contribution in [0.25, 0.3) is 0 Å². The maximum absolute atomic E-state index is 13.1. The fourth-order valence-electron chi connectivity index (χ4n) is 2.62. The number of benzene rings is 2. The van der Waals surface area contributed by atoms with Crippen LogP contribution in [0, 0.1) is 0 Å². The predicted octanol–water partition coefficient (Wildman–Crippen LogP) is 2.46. The Morgan fingerprint density at radius 1 is 0.969 bits per heavy atom. The molecule has 0 radical (unpaired) electrons. The summed E-state index contributed by atoms with van der Waals surface area (Å²) in [6.45, 7) is 1.60. The lowest BCUT2D eigenvalue weighted by atomic mass is 10.2. The van der Waals surface area contributed by atoms with Crippen LogP contribution in [0.5, 0.6) is 17.2 Å². The van der Waals surface area contributed by atoms with Crippen LogP contribution in [-0.2, 0) is 19.6 Å². The van der Waals surface area contributed by atoms with E-state index < -0.39 is 28.5 Å². The highest BCUT2D eigenvalue weighted by Gasteiger charge is 2.24. The van der Waals surface area contributed by atoms with E-state index in [4.69, 9.17) is 30.5 Å². The maximum atomic E-state index is 13.1. The van der Waals surface area contributed by atoms with Crippen molar-refractivity contribution in [1.82, 2.24) is 5.32 Å². The highest BCUT2D eigenvalue weighted by Crippen LogP contribution is 2.37. The summed E-state index contributed by atoms with van der Waals surface area (Å²) < 4.78 is 48.9. The van der Waals surface area contributed by atoms with Gasteiger partial charge in [-0.2, -0.15) is 0 Å². The Bertz CT molecular complexity index is 1110. The zero-order valence-electron chi connectivity index (χ0n) is 17.9. The van der Waals surface area contributed by atoms with Crippen LogP contribution in [0.2, 0.25) is 5.02 Å². The fourth-order valence-corrected chi connectivity index (χ4v) is 4.11. The molecule has 0 saturated heterocycles. The number of anilines is 1. The number of carbonyl (C=O) groups excluding carboxylic acids is 2. The molecule has 0 saturated carbocycles. The summed E-state index contributed by atoms with van der Waals surface area (Å²) >= 11 is 6.11. The number of ether oxygens (including phenoxy) is 4. The first-order valence-electron chi connectivity index (χ1n) is 9.23. The number of halogens is 1. The first-order valence-corrected chi connectivity index (χ1v) is 11.1. The molecule has 0 aliphatic rings. The molecule has 174 valence electrons. The van der Waals surface area contributed by atoms with Crippen molar-refractivity contribution < 1.29 is 37.0 Å². The van der Waals surface area contributed by atoms with Gasteiger partial charge in [0.15, 0.2) is 6.61 Å². The number of hydrogen-bond acceptors (Lipinski definition) is 8. The average molecular weight is 487 g/mol. The standard InChI is InChI=1S/C20H23ClN2O8S/c1-5-22-19(24)11-31-20(25)12-6-7-15(28-2)18(8-12)32(26,27)23-14-9-13(21)16(29-3)10-17(14)30-4/h6-10,23H,5,11H2,1-4H3,(H,22,24).